The zero-order chi connectivity index (χ0) is 31.9. The van der Waals surface area contributed by atoms with Crippen LogP contribution < -0.4 is 29.1 Å². The van der Waals surface area contributed by atoms with Crippen LogP contribution in [-0.2, 0) is 14.8 Å². The number of ether oxygens (including phenoxy) is 3. The minimum atomic E-state index is -4.40. The van der Waals surface area contributed by atoms with Crippen molar-refractivity contribution in [1.29, 1.82) is 0 Å². The lowest BCUT2D eigenvalue weighted by molar-refractivity contribution is -0.114. The second-order valence-electron chi connectivity index (χ2n) is 9.54. The Morgan fingerprint density at radius 1 is 0.818 bits per heavy atom. The number of carbonyl (C=O) groups excluding carboxylic acids is 2. The van der Waals surface area contributed by atoms with Crippen LogP contribution >= 0.6 is 11.6 Å². The van der Waals surface area contributed by atoms with Crippen LogP contribution in [0.5, 0.6) is 17.2 Å². The SMILES string of the molecule is COc1ccc(S(=O)(=O)N(CC(=O)Nc2ccccc2C(=O)N[C@H](C)c2ccccc2)c2cc(Cl)ccc2OC)cc1OC. The number of methoxy groups -OCH3 is 3. The lowest BCUT2D eigenvalue weighted by atomic mass is 10.1. The van der Waals surface area contributed by atoms with E-state index in [1.807, 2.05) is 37.3 Å². The molecule has 0 aromatic heterocycles. The number of halogens is 1. The Morgan fingerprint density at radius 2 is 1.45 bits per heavy atom. The first kappa shape index (κ1) is 32.2. The monoisotopic (exact) mass is 637 g/mol. The van der Waals surface area contributed by atoms with Gasteiger partial charge in [0.25, 0.3) is 15.9 Å². The van der Waals surface area contributed by atoms with E-state index in [2.05, 4.69) is 10.6 Å². The maximum Gasteiger partial charge on any atom is 0.265 e. The van der Waals surface area contributed by atoms with Crippen molar-refractivity contribution in [2.24, 2.45) is 0 Å². The van der Waals surface area contributed by atoms with E-state index >= 15 is 0 Å². The van der Waals surface area contributed by atoms with Crippen LogP contribution in [0.3, 0.4) is 0 Å². The molecule has 0 radical (unpaired) electrons. The highest BCUT2D eigenvalue weighted by Gasteiger charge is 2.31. The summed E-state index contributed by atoms with van der Waals surface area (Å²) in [7, 11) is -0.215. The molecule has 0 aliphatic rings. The summed E-state index contributed by atoms with van der Waals surface area (Å²) < 4.78 is 45.0. The minimum absolute atomic E-state index is 0.0349. The highest BCUT2D eigenvalue weighted by atomic mass is 35.5. The number of sulfonamides is 1. The summed E-state index contributed by atoms with van der Waals surface area (Å²) in [5.74, 6) is -0.454. The first-order valence-electron chi connectivity index (χ1n) is 13.4. The van der Waals surface area contributed by atoms with E-state index in [1.54, 1.807) is 24.3 Å². The number of rotatable bonds is 12. The first-order valence-corrected chi connectivity index (χ1v) is 15.2. The van der Waals surface area contributed by atoms with Crippen LogP contribution in [0.15, 0.2) is 95.9 Å². The average Bonchev–Trinajstić information content (AvgIpc) is 3.03. The van der Waals surface area contributed by atoms with Crippen molar-refractivity contribution < 1.29 is 32.2 Å². The summed E-state index contributed by atoms with van der Waals surface area (Å²) in [6.07, 6.45) is 0. The average molecular weight is 638 g/mol. The Balaban J connectivity index is 1.67. The molecule has 4 aromatic rings. The van der Waals surface area contributed by atoms with Gasteiger partial charge in [0, 0.05) is 11.1 Å². The molecule has 0 bridgehead atoms. The van der Waals surface area contributed by atoms with Crippen LogP contribution in [-0.4, -0.2) is 48.1 Å². The number of benzene rings is 4. The molecular weight excluding hydrogens is 606 g/mol. The van der Waals surface area contributed by atoms with Gasteiger partial charge in [0.15, 0.2) is 11.5 Å². The van der Waals surface area contributed by atoms with E-state index in [9.17, 15) is 18.0 Å². The minimum Gasteiger partial charge on any atom is -0.495 e. The van der Waals surface area contributed by atoms with Crippen molar-refractivity contribution in [1.82, 2.24) is 5.32 Å². The molecule has 4 aromatic carbocycles. The Bertz CT molecular complexity index is 1750. The van der Waals surface area contributed by atoms with Crippen molar-refractivity contribution in [3.8, 4) is 17.2 Å². The Morgan fingerprint density at radius 3 is 2.14 bits per heavy atom. The third-order valence-electron chi connectivity index (χ3n) is 6.73. The van der Waals surface area contributed by atoms with Crippen LogP contribution in [0, 0.1) is 0 Å². The summed E-state index contributed by atoms with van der Waals surface area (Å²) in [4.78, 5) is 26.6. The first-order chi connectivity index (χ1) is 21.1. The Hall–Kier alpha value is -4.74. The third-order valence-corrected chi connectivity index (χ3v) is 8.72. The fraction of sp³-hybridized carbons (Fsp3) is 0.188. The standard InChI is InChI=1S/C32H32ClN3O7S/c1-21(22-10-6-5-7-11-22)34-32(38)25-12-8-9-13-26(25)35-31(37)20-36(27-18-23(33)14-16-28(27)41-2)44(39,40)24-15-17-29(42-3)30(19-24)43-4/h5-19,21H,20H2,1-4H3,(H,34,38)(H,35,37)/t21-/m1/s1. The molecule has 0 aliphatic heterocycles. The van der Waals surface area contributed by atoms with Gasteiger partial charge in [-0.15, -0.1) is 0 Å². The molecule has 0 saturated carbocycles. The number of anilines is 2. The molecule has 2 amide bonds. The number of carbonyl (C=O) groups is 2. The fourth-order valence-electron chi connectivity index (χ4n) is 4.47. The van der Waals surface area contributed by atoms with Crippen molar-refractivity contribution >= 4 is 44.8 Å². The van der Waals surface area contributed by atoms with Gasteiger partial charge in [-0.3, -0.25) is 13.9 Å². The summed E-state index contributed by atoms with van der Waals surface area (Å²) in [6.45, 7) is 1.17. The number of hydrogen-bond acceptors (Lipinski definition) is 7. The molecule has 1 atom stereocenters. The van der Waals surface area contributed by atoms with E-state index in [-0.39, 0.29) is 44.4 Å². The van der Waals surface area contributed by atoms with Gasteiger partial charge >= 0.3 is 0 Å². The maximum atomic E-state index is 14.1. The van der Waals surface area contributed by atoms with Crippen molar-refractivity contribution in [3.63, 3.8) is 0 Å². The highest BCUT2D eigenvalue weighted by Crippen LogP contribution is 2.37. The summed E-state index contributed by atoms with van der Waals surface area (Å²) in [5, 5.41) is 5.85. The highest BCUT2D eigenvalue weighted by molar-refractivity contribution is 7.92. The summed E-state index contributed by atoms with van der Waals surface area (Å²) in [5.41, 5.74) is 1.36. The van der Waals surface area contributed by atoms with Gasteiger partial charge < -0.3 is 24.8 Å². The van der Waals surface area contributed by atoms with Crippen LogP contribution in [0.1, 0.15) is 28.9 Å². The smallest absolute Gasteiger partial charge is 0.265 e. The molecule has 2 N–H and O–H groups in total. The largest absolute Gasteiger partial charge is 0.495 e. The van der Waals surface area contributed by atoms with Crippen LogP contribution in [0.4, 0.5) is 11.4 Å². The lowest BCUT2D eigenvalue weighted by Crippen LogP contribution is -2.38. The molecule has 0 unspecified atom stereocenters. The normalized spacial score (nSPS) is 11.7. The van der Waals surface area contributed by atoms with Gasteiger partial charge in [-0.25, -0.2) is 8.42 Å². The molecular formula is C32H32ClN3O7S. The number of para-hydroxylation sites is 1. The number of hydrogen-bond donors (Lipinski definition) is 2. The number of nitrogens with one attached hydrogen (secondary N) is 2. The Labute approximate surface area is 261 Å². The summed E-state index contributed by atoms with van der Waals surface area (Å²) in [6, 6.07) is 24.1. The van der Waals surface area contributed by atoms with Gasteiger partial charge in [0.2, 0.25) is 5.91 Å². The van der Waals surface area contributed by atoms with Crippen LogP contribution in [0.2, 0.25) is 5.02 Å². The fourth-order valence-corrected chi connectivity index (χ4v) is 6.08. The Kier molecular flexibility index (Phi) is 10.4. The van der Waals surface area contributed by atoms with E-state index in [1.165, 1.54) is 57.7 Å². The quantitative estimate of drug-likeness (QED) is 0.205. The molecule has 230 valence electrons. The number of nitrogens with zero attached hydrogens (tertiary/aromatic N) is 1. The lowest BCUT2D eigenvalue weighted by Gasteiger charge is -2.26. The second-order valence-corrected chi connectivity index (χ2v) is 11.8. The van der Waals surface area contributed by atoms with Gasteiger partial charge in [0.05, 0.1) is 49.2 Å². The molecule has 44 heavy (non-hydrogen) atoms. The van der Waals surface area contributed by atoms with Gasteiger partial charge in [-0.1, -0.05) is 54.1 Å². The zero-order valence-electron chi connectivity index (χ0n) is 24.5. The second kappa shape index (κ2) is 14.2. The molecule has 10 nitrogen and oxygen atoms in total. The predicted molar refractivity (Wildman–Crippen MR) is 169 cm³/mol. The topological polar surface area (TPSA) is 123 Å². The van der Waals surface area contributed by atoms with Gasteiger partial charge in [-0.05, 0) is 55.0 Å². The molecule has 0 aliphatic carbocycles. The third kappa shape index (κ3) is 7.24. The van der Waals surface area contributed by atoms with E-state index in [4.69, 9.17) is 25.8 Å². The van der Waals surface area contributed by atoms with Gasteiger partial charge in [-0.2, -0.15) is 0 Å². The van der Waals surface area contributed by atoms with E-state index in [0.29, 0.717) is 5.75 Å². The van der Waals surface area contributed by atoms with Crippen molar-refractivity contribution in [2.45, 2.75) is 17.9 Å². The molecule has 0 fully saturated rings. The maximum absolute atomic E-state index is 14.1. The molecule has 0 saturated heterocycles. The predicted octanol–water partition coefficient (Wildman–Crippen LogP) is 5.69. The van der Waals surface area contributed by atoms with Crippen molar-refractivity contribution in [3.05, 3.63) is 107 Å². The van der Waals surface area contributed by atoms with Gasteiger partial charge in [0.1, 0.15) is 12.3 Å². The molecule has 0 heterocycles. The van der Waals surface area contributed by atoms with E-state index < -0.39 is 28.4 Å². The molecule has 4 rings (SSSR count). The molecule has 0 spiro atoms. The van der Waals surface area contributed by atoms with E-state index in [0.717, 1.165) is 9.87 Å². The summed E-state index contributed by atoms with van der Waals surface area (Å²) >= 11 is 6.25. The van der Waals surface area contributed by atoms with Crippen LogP contribution in [0.25, 0.3) is 0 Å². The molecule has 12 heteroatoms. The zero-order valence-corrected chi connectivity index (χ0v) is 26.1. The number of amides is 2. The van der Waals surface area contributed by atoms with Crippen molar-refractivity contribution in [2.75, 3.05) is 37.5 Å².